The largest absolute Gasteiger partial charge is 0.477 e. The summed E-state index contributed by atoms with van der Waals surface area (Å²) in [4.78, 5) is 30.3. The van der Waals surface area contributed by atoms with Gasteiger partial charge in [-0.2, -0.15) is 0 Å². The second-order valence-electron chi connectivity index (χ2n) is 3.97. The predicted octanol–water partition coefficient (Wildman–Crippen LogP) is 1.20. The summed E-state index contributed by atoms with van der Waals surface area (Å²) in [6.07, 6.45) is 4.38. The Morgan fingerprint density at radius 2 is 2.20 bits per heavy atom. The molecule has 0 amide bonds. The number of carboxylic acid groups (broad SMARTS) is 1. The molecule has 2 rings (SSSR count). The van der Waals surface area contributed by atoms with E-state index in [0.29, 0.717) is 5.56 Å². The lowest BCUT2D eigenvalue weighted by Crippen LogP contribution is -2.08. The van der Waals surface area contributed by atoms with Gasteiger partial charge in [-0.05, 0) is 13.0 Å². The van der Waals surface area contributed by atoms with Crippen LogP contribution in [0.5, 0.6) is 0 Å². The highest BCUT2D eigenvalue weighted by molar-refractivity contribution is 5.87. The molecule has 0 aliphatic carbocycles. The van der Waals surface area contributed by atoms with Gasteiger partial charge >= 0.3 is 11.9 Å². The lowest BCUT2D eigenvalue weighted by molar-refractivity contribution is 0.0519. The highest BCUT2D eigenvalue weighted by Gasteiger charge is 2.13. The molecule has 2 aromatic rings. The summed E-state index contributed by atoms with van der Waals surface area (Å²) < 4.78 is 6.44. The van der Waals surface area contributed by atoms with Gasteiger partial charge in [0.1, 0.15) is 0 Å². The third-order valence-electron chi connectivity index (χ3n) is 2.56. The molecule has 1 N–H and O–H groups in total. The Morgan fingerprint density at radius 1 is 1.40 bits per heavy atom. The number of carbonyl (C=O) groups excluding carboxylic acids is 1. The van der Waals surface area contributed by atoms with Gasteiger partial charge in [-0.25, -0.2) is 19.6 Å². The van der Waals surface area contributed by atoms with Gasteiger partial charge in [0.25, 0.3) is 0 Å². The molecule has 7 nitrogen and oxygen atoms in total. The van der Waals surface area contributed by atoms with Gasteiger partial charge in [-0.3, -0.25) is 0 Å². The minimum absolute atomic E-state index is 0.0149. The van der Waals surface area contributed by atoms with E-state index in [1.165, 1.54) is 18.7 Å². The van der Waals surface area contributed by atoms with E-state index < -0.39 is 11.9 Å². The zero-order valence-electron chi connectivity index (χ0n) is 10.8. The molecule has 0 saturated carbocycles. The third kappa shape index (κ3) is 3.00. The fraction of sp³-hybridized carbons (Fsp3) is 0.231. The van der Waals surface area contributed by atoms with Crippen LogP contribution in [0.15, 0.2) is 30.9 Å². The van der Waals surface area contributed by atoms with Crippen LogP contribution in [0.25, 0.3) is 0 Å². The Morgan fingerprint density at radius 3 is 2.90 bits per heavy atom. The molecule has 0 aliphatic heterocycles. The normalized spacial score (nSPS) is 10.2. The SMILES string of the molecule is CCOC(=O)c1cn(Cc2cccnc2C(=O)O)cn1. The minimum Gasteiger partial charge on any atom is -0.477 e. The lowest BCUT2D eigenvalue weighted by Gasteiger charge is -2.05. The zero-order valence-corrected chi connectivity index (χ0v) is 10.8. The predicted molar refractivity (Wildman–Crippen MR) is 68.5 cm³/mol. The summed E-state index contributed by atoms with van der Waals surface area (Å²) in [7, 11) is 0. The van der Waals surface area contributed by atoms with Gasteiger partial charge in [-0.1, -0.05) is 6.07 Å². The molecule has 2 heterocycles. The monoisotopic (exact) mass is 275 g/mol. The number of rotatable bonds is 5. The number of ether oxygens (including phenoxy) is 1. The lowest BCUT2D eigenvalue weighted by atomic mass is 10.2. The van der Waals surface area contributed by atoms with Crippen LogP contribution in [0.1, 0.15) is 33.5 Å². The average molecular weight is 275 g/mol. The molecule has 0 spiro atoms. The van der Waals surface area contributed by atoms with Crippen molar-refractivity contribution in [2.45, 2.75) is 13.5 Å². The van der Waals surface area contributed by atoms with Gasteiger partial charge in [0, 0.05) is 18.0 Å². The van der Waals surface area contributed by atoms with Crippen molar-refractivity contribution in [1.29, 1.82) is 0 Å². The van der Waals surface area contributed by atoms with E-state index in [1.54, 1.807) is 23.6 Å². The van der Waals surface area contributed by atoms with Gasteiger partial charge in [-0.15, -0.1) is 0 Å². The molecule has 2 aromatic heterocycles. The van der Waals surface area contributed by atoms with E-state index in [-0.39, 0.29) is 24.5 Å². The second-order valence-corrected chi connectivity index (χ2v) is 3.97. The van der Waals surface area contributed by atoms with E-state index in [4.69, 9.17) is 9.84 Å². The smallest absolute Gasteiger partial charge is 0.358 e. The molecule has 0 atom stereocenters. The maximum Gasteiger partial charge on any atom is 0.358 e. The first-order valence-electron chi connectivity index (χ1n) is 5.98. The number of hydrogen-bond donors (Lipinski definition) is 1. The molecule has 104 valence electrons. The van der Waals surface area contributed by atoms with Crippen molar-refractivity contribution in [2.75, 3.05) is 6.61 Å². The third-order valence-corrected chi connectivity index (χ3v) is 2.56. The number of carboxylic acids is 1. The van der Waals surface area contributed by atoms with E-state index in [9.17, 15) is 9.59 Å². The summed E-state index contributed by atoms with van der Waals surface area (Å²) >= 11 is 0. The van der Waals surface area contributed by atoms with Gasteiger partial charge in [0.05, 0.1) is 19.5 Å². The molecule has 7 heteroatoms. The van der Waals surface area contributed by atoms with Crippen molar-refractivity contribution in [1.82, 2.24) is 14.5 Å². The first-order chi connectivity index (χ1) is 9.61. The fourth-order valence-electron chi connectivity index (χ4n) is 1.71. The number of aromatic carboxylic acids is 1. The number of pyridine rings is 1. The fourth-order valence-corrected chi connectivity index (χ4v) is 1.71. The van der Waals surface area contributed by atoms with Crippen LogP contribution in [0.4, 0.5) is 0 Å². The maximum atomic E-state index is 11.5. The second kappa shape index (κ2) is 5.96. The summed E-state index contributed by atoms with van der Waals surface area (Å²) in [6.45, 7) is 2.25. The van der Waals surface area contributed by atoms with Crippen LogP contribution >= 0.6 is 0 Å². The molecule has 0 radical (unpaired) electrons. The zero-order chi connectivity index (χ0) is 14.5. The number of esters is 1. The Bertz CT molecular complexity index is 636. The highest BCUT2D eigenvalue weighted by Crippen LogP contribution is 2.09. The summed E-state index contributed by atoms with van der Waals surface area (Å²) in [5, 5.41) is 9.05. The van der Waals surface area contributed by atoms with Crippen molar-refractivity contribution in [3.8, 4) is 0 Å². The molecule has 0 aliphatic rings. The van der Waals surface area contributed by atoms with E-state index in [2.05, 4.69) is 9.97 Å². The van der Waals surface area contributed by atoms with Crippen molar-refractivity contribution in [3.63, 3.8) is 0 Å². The number of imidazole rings is 1. The van der Waals surface area contributed by atoms with Crippen LogP contribution in [0.3, 0.4) is 0 Å². The highest BCUT2D eigenvalue weighted by atomic mass is 16.5. The Labute approximate surface area is 114 Å². The number of nitrogens with zero attached hydrogens (tertiary/aromatic N) is 3. The number of aromatic nitrogens is 3. The summed E-state index contributed by atoms with van der Waals surface area (Å²) in [5.74, 6) is -1.60. The van der Waals surface area contributed by atoms with Crippen LogP contribution in [0.2, 0.25) is 0 Å². The topological polar surface area (TPSA) is 94.3 Å². The molecular weight excluding hydrogens is 262 g/mol. The average Bonchev–Trinajstić information content (AvgIpc) is 2.88. The summed E-state index contributed by atoms with van der Waals surface area (Å²) in [5.41, 5.74) is 0.708. The Balaban J connectivity index is 2.19. The molecule has 20 heavy (non-hydrogen) atoms. The minimum atomic E-state index is -1.09. The molecule has 0 aromatic carbocycles. The first kappa shape index (κ1) is 13.7. The molecule has 0 unspecified atom stereocenters. The van der Waals surface area contributed by atoms with Crippen LogP contribution in [-0.2, 0) is 11.3 Å². The van der Waals surface area contributed by atoms with Crippen molar-refractivity contribution < 1.29 is 19.4 Å². The van der Waals surface area contributed by atoms with E-state index in [1.807, 2.05) is 0 Å². The molecular formula is C13H13N3O4. The van der Waals surface area contributed by atoms with E-state index in [0.717, 1.165) is 0 Å². The quantitative estimate of drug-likeness (QED) is 0.824. The molecule has 0 bridgehead atoms. The van der Waals surface area contributed by atoms with E-state index >= 15 is 0 Å². The van der Waals surface area contributed by atoms with Crippen LogP contribution < -0.4 is 0 Å². The Kier molecular flexibility index (Phi) is 4.09. The van der Waals surface area contributed by atoms with Gasteiger partial charge < -0.3 is 14.4 Å². The molecule has 0 saturated heterocycles. The van der Waals surface area contributed by atoms with Crippen molar-refractivity contribution in [2.24, 2.45) is 0 Å². The molecule has 0 fully saturated rings. The number of carbonyl (C=O) groups is 2. The first-order valence-corrected chi connectivity index (χ1v) is 5.98. The van der Waals surface area contributed by atoms with Crippen LogP contribution in [0, 0.1) is 0 Å². The van der Waals surface area contributed by atoms with Crippen molar-refractivity contribution >= 4 is 11.9 Å². The summed E-state index contributed by atoms with van der Waals surface area (Å²) in [6, 6.07) is 3.32. The van der Waals surface area contributed by atoms with Gasteiger partial charge in [0.15, 0.2) is 11.4 Å². The van der Waals surface area contributed by atoms with Crippen molar-refractivity contribution in [3.05, 3.63) is 47.8 Å². The van der Waals surface area contributed by atoms with Crippen LogP contribution in [-0.4, -0.2) is 38.2 Å². The standard InChI is InChI=1S/C13H13N3O4/c1-2-20-13(19)10-7-16(8-15-10)6-9-4-3-5-14-11(9)12(17)18/h3-5,7-8H,2,6H2,1H3,(H,17,18). The maximum absolute atomic E-state index is 11.5. The number of hydrogen-bond acceptors (Lipinski definition) is 5. The Hall–Kier alpha value is -2.70. The van der Waals surface area contributed by atoms with Gasteiger partial charge in [0.2, 0.25) is 0 Å².